The number of esters is 1. The maximum absolute atomic E-state index is 12.8. The van der Waals surface area contributed by atoms with Gasteiger partial charge in [0.05, 0.1) is 0 Å². The maximum Gasteiger partial charge on any atom is 0.326 e. The van der Waals surface area contributed by atoms with Crippen LogP contribution in [0.15, 0.2) is 0 Å². The normalized spacial score (nSPS) is 12.5. The Kier molecular flexibility index (Phi) is 45.1. The van der Waals surface area contributed by atoms with E-state index in [0.29, 0.717) is 32.2 Å². The summed E-state index contributed by atoms with van der Waals surface area (Å²) in [5, 5.41) is 12.0. The minimum absolute atomic E-state index is 0.0124. The van der Waals surface area contributed by atoms with Crippen molar-refractivity contribution in [3.05, 3.63) is 0 Å². The summed E-state index contributed by atoms with van der Waals surface area (Å²) in [5.41, 5.74) is 5.49. The fraction of sp³-hybridized carbons (Fsp3) is 0.941. The second-order valence-electron chi connectivity index (χ2n) is 18.0. The smallest absolute Gasteiger partial charge is 0.326 e. The lowest BCUT2D eigenvalue weighted by molar-refractivity contribution is -0.150. The summed E-state index contributed by atoms with van der Waals surface area (Å²) >= 11 is 0. The van der Waals surface area contributed by atoms with Gasteiger partial charge in [0.25, 0.3) is 0 Å². The molecule has 0 spiro atoms. The first-order valence-corrected chi connectivity index (χ1v) is 25.9. The highest BCUT2D eigenvalue weighted by molar-refractivity contribution is 5.83. The lowest BCUT2D eigenvalue weighted by Crippen LogP contribution is -2.40. The van der Waals surface area contributed by atoms with Crippen molar-refractivity contribution in [2.75, 3.05) is 6.54 Å². The number of rotatable bonds is 48. The third-order valence-electron chi connectivity index (χ3n) is 12.2. The van der Waals surface area contributed by atoms with Crippen LogP contribution in [0.5, 0.6) is 0 Å². The number of nitrogens with one attached hydrogen (secondary N) is 1. The Labute approximate surface area is 360 Å². The fourth-order valence-electron chi connectivity index (χ4n) is 8.28. The van der Waals surface area contributed by atoms with Crippen molar-refractivity contribution in [3.63, 3.8) is 0 Å². The predicted molar refractivity (Wildman–Crippen MR) is 248 cm³/mol. The first-order valence-electron chi connectivity index (χ1n) is 25.9. The summed E-state index contributed by atoms with van der Waals surface area (Å²) in [7, 11) is 0. The van der Waals surface area contributed by atoms with Gasteiger partial charge in [-0.1, -0.05) is 226 Å². The van der Waals surface area contributed by atoms with Crippen molar-refractivity contribution in [2.45, 2.75) is 302 Å². The highest BCUT2D eigenvalue weighted by atomic mass is 16.5. The standard InChI is InChI=1S/C51H100N2O5/c1-3-5-7-9-11-13-14-15-16-17-18-19-20-21-22-23-24-25-26-28-30-35-39-45-50(55)58-47(41-36-32-29-27-12-10-8-6-4-2)42-37-33-31-34-38-44-49(54)53-48(51(56)57)43-40-46-52/h47-48H,3-46,52H2,1-2H3,(H,53,54)(H,56,57). The zero-order chi connectivity index (χ0) is 42.4. The molecule has 0 aromatic rings. The molecule has 58 heavy (non-hydrogen) atoms. The van der Waals surface area contributed by atoms with Crippen molar-refractivity contribution < 1.29 is 24.2 Å². The monoisotopic (exact) mass is 821 g/mol. The molecule has 0 rings (SSSR count). The zero-order valence-electron chi connectivity index (χ0n) is 38.9. The number of aliphatic carboxylic acids is 1. The molecule has 0 fully saturated rings. The Morgan fingerprint density at radius 2 is 0.741 bits per heavy atom. The minimum atomic E-state index is -0.999. The number of carboxylic acids is 1. The van der Waals surface area contributed by atoms with Crippen LogP contribution >= 0.6 is 0 Å². The molecule has 0 saturated carbocycles. The zero-order valence-corrected chi connectivity index (χ0v) is 38.9. The molecule has 0 aliphatic rings. The molecule has 7 nitrogen and oxygen atoms in total. The SMILES string of the molecule is CCCCCCCCCCCCCCCCCCCCCCCCCC(=O)OC(CCCCCCCCCCC)CCCCCCCC(=O)NC(CCCN)C(=O)O. The van der Waals surface area contributed by atoms with E-state index in [9.17, 15) is 19.5 Å². The number of carbonyl (C=O) groups is 3. The Balaban J connectivity index is 4.02. The summed E-state index contributed by atoms with van der Waals surface area (Å²) in [5.74, 6) is -1.21. The molecule has 0 aliphatic heterocycles. The first kappa shape index (κ1) is 56.4. The summed E-state index contributed by atoms with van der Waals surface area (Å²) in [6, 6.07) is -0.852. The number of nitrogens with two attached hydrogens (primary N) is 1. The first-order chi connectivity index (χ1) is 28.4. The van der Waals surface area contributed by atoms with Crippen molar-refractivity contribution >= 4 is 17.8 Å². The topological polar surface area (TPSA) is 119 Å². The molecule has 0 aliphatic carbocycles. The van der Waals surface area contributed by atoms with E-state index in [-0.39, 0.29) is 18.0 Å². The van der Waals surface area contributed by atoms with Crippen LogP contribution in [0.25, 0.3) is 0 Å². The van der Waals surface area contributed by atoms with Crippen molar-refractivity contribution in [2.24, 2.45) is 5.73 Å². The van der Waals surface area contributed by atoms with Gasteiger partial charge in [0.1, 0.15) is 12.1 Å². The molecular formula is C51H100N2O5. The molecule has 1 amide bonds. The van der Waals surface area contributed by atoms with Crippen LogP contribution in [0.2, 0.25) is 0 Å². The molecular weight excluding hydrogens is 721 g/mol. The maximum atomic E-state index is 12.8. The number of ether oxygens (including phenoxy) is 1. The quantitative estimate of drug-likeness (QED) is 0.0415. The summed E-state index contributed by atoms with van der Waals surface area (Å²) in [4.78, 5) is 36.5. The van der Waals surface area contributed by atoms with Gasteiger partial charge in [-0.15, -0.1) is 0 Å². The Bertz CT molecular complexity index is 883. The number of hydrogen-bond donors (Lipinski definition) is 3. The number of hydrogen-bond acceptors (Lipinski definition) is 5. The number of carbonyl (C=O) groups excluding carboxylic acids is 2. The van der Waals surface area contributed by atoms with Crippen LogP contribution < -0.4 is 11.1 Å². The lowest BCUT2D eigenvalue weighted by atomic mass is 10.0. The molecule has 0 radical (unpaired) electrons. The van der Waals surface area contributed by atoms with Crippen LogP contribution in [0.4, 0.5) is 0 Å². The minimum Gasteiger partial charge on any atom is -0.480 e. The van der Waals surface area contributed by atoms with Gasteiger partial charge in [0.15, 0.2) is 0 Å². The average molecular weight is 821 g/mol. The molecule has 0 aromatic carbocycles. The Morgan fingerprint density at radius 3 is 1.07 bits per heavy atom. The lowest BCUT2D eigenvalue weighted by Gasteiger charge is -2.18. The van der Waals surface area contributed by atoms with E-state index >= 15 is 0 Å². The van der Waals surface area contributed by atoms with Crippen LogP contribution in [-0.2, 0) is 19.1 Å². The molecule has 2 atom stereocenters. The second kappa shape index (κ2) is 46.4. The van der Waals surface area contributed by atoms with Gasteiger partial charge < -0.3 is 20.9 Å². The molecule has 344 valence electrons. The molecule has 4 N–H and O–H groups in total. The van der Waals surface area contributed by atoms with Crippen molar-refractivity contribution in [1.82, 2.24) is 5.32 Å². The summed E-state index contributed by atoms with van der Waals surface area (Å²) in [6.07, 6.45) is 51.8. The highest BCUT2D eigenvalue weighted by Crippen LogP contribution is 2.20. The van der Waals surface area contributed by atoms with Gasteiger partial charge in [-0.2, -0.15) is 0 Å². The molecule has 0 saturated heterocycles. The van der Waals surface area contributed by atoms with E-state index in [2.05, 4.69) is 19.2 Å². The molecule has 7 heteroatoms. The largest absolute Gasteiger partial charge is 0.480 e. The van der Waals surface area contributed by atoms with E-state index < -0.39 is 12.0 Å². The van der Waals surface area contributed by atoms with Crippen LogP contribution in [0, 0.1) is 0 Å². The predicted octanol–water partition coefficient (Wildman–Crippen LogP) is 15.2. The molecule has 0 aromatic heterocycles. The summed E-state index contributed by atoms with van der Waals surface area (Å²) < 4.78 is 6.07. The third-order valence-corrected chi connectivity index (χ3v) is 12.2. The summed E-state index contributed by atoms with van der Waals surface area (Å²) in [6.45, 7) is 4.97. The van der Waals surface area contributed by atoms with E-state index in [4.69, 9.17) is 10.5 Å². The third kappa shape index (κ3) is 42.5. The number of amides is 1. The van der Waals surface area contributed by atoms with E-state index in [1.54, 1.807) is 0 Å². The second-order valence-corrected chi connectivity index (χ2v) is 18.0. The average Bonchev–Trinajstić information content (AvgIpc) is 3.21. The van der Waals surface area contributed by atoms with E-state index in [1.807, 2.05) is 0 Å². The molecule has 2 unspecified atom stereocenters. The fourth-order valence-corrected chi connectivity index (χ4v) is 8.28. The van der Waals surface area contributed by atoms with Crippen molar-refractivity contribution in [3.8, 4) is 0 Å². The van der Waals surface area contributed by atoms with Crippen LogP contribution in [0.3, 0.4) is 0 Å². The van der Waals surface area contributed by atoms with Gasteiger partial charge in [0.2, 0.25) is 5.91 Å². The van der Waals surface area contributed by atoms with Gasteiger partial charge in [-0.3, -0.25) is 9.59 Å². The van der Waals surface area contributed by atoms with Crippen molar-refractivity contribution in [1.29, 1.82) is 0 Å². The van der Waals surface area contributed by atoms with Gasteiger partial charge in [-0.05, 0) is 57.9 Å². The van der Waals surface area contributed by atoms with Gasteiger partial charge >= 0.3 is 11.9 Å². The number of unbranched alkanes of at least 4 members (excludes halogenated alkanes) is 34. The van der Waals surface area contributed by atoms with Gasteiger partial charge in [-0.25, -0.2) is 4.79 Å². The Hall–Kier alpha value is -1.63. The van der Waals surface area contributed by atoms with E-state index in [0.717, 1.165) is 64.2 Å². The van der Waals surface area contributed by atoms with E-state index in [1.165, 1.54) is 186 Å². The highest BCUT2D eigenvalue weighted by Gasteiger charge is 2.19. The molecule has 0 bridgehead atoms. The molecule has 0 heterocycles. The van der Waals surface area contributed by atoms with Crippen LogP contribution in [0.1, 0.15) is 290 Å². The Morgan fingerprint density at radius 1 is 0.431 bits per heavy atom. The van der Waals surface area contributed by atoms with Crippen LogP contribution in [-0.4, -0.2) is 41.6 Å². The van der Waals surface area contributed by atoms with Gasteiger partial charge in [0, 0.05) is 12.8 Å². The number of carboxylic acid groups (broad SMARTS) is 1.